The van der Waals surface area contributed by atoms with Crippen molar-refractivity contribution in [3.8, 4) is 0 Å². The van der Waals surface area contributed by atoms with Crippen molar-refractivity contribution in [1.82, 2.24) is 4.98 Å². The maximum absolute atomic E-state index is 14.4. The zero-order valence-corrected chi connectivity index (χ0v) is 12.6. The Morgan fingerprint density at radius 3 is 2.46 bits per heavy atom. The van der Waals surface area contributed by atoms with Gasteiger partial charge in [0.05, 0.1) is 5.56 Å². The molecular formula is C17H8ClF4NO. The number of hydrogen-bond donors (Lipinski definition) is 0. The molecule has 0 atom stereocenters. The van der Waals surface area contributed by atoms with Crippen LogP contribution in [0.15, 0.2) is 48.7 Å². The standard InChI is InChI=1S/C17H8ClF4NO/c18-11-2-1-9-6-15(23-8-10(9)5-11)17(21,22)16(24)13-4-3-12(19)7-14(13)20/h1-8H. The molecule has 1 aromatic heterocycles. The maximum atomic E-state index is 14.4. The average molecular weight is 354 g/mol. The van der Waals surface area contributed by atoms with Crippen molar-refractivity contribution in [2.75, 3.05) is 0 Å². The third-order valence-corrected chi connectivity index (χ3v) is 3.70. The number of Topliss-reactive ketones (excluding diaryl/α,β-unsaturated/α-hetero) is 1. The van der Waals surface area contributed by atoms with Gasteiger partial charge in [0.25, 0.3) is 0 Å². The molecule has 0 fully saturated rings. The molecule has 2 nitrogen and oxygen atoms in total. The highest BCUT2D eigenvalue weighted by Crippen LogP contribution is 2.33. The Kier molecular flexibility index (Phi) is 4.01. The lowest BCUT2D eigenvalue weighted by molar-refractivity contribution is 0.00437. The normalized spacial score (nSPS) is 11.7. The fraction of sp³-hybridized carbons (Fsp3) is 0.0588. The Labute approximate surface area is 138 Å². The van der Waals surface area contributed by atoms with Gasteiger partial charge < -0.3 is 0 Å². The summed E-state index contributed by atoms with van der Waals surface area (Å²) in [7, 11) is 0. The number of hydrogen-bond acceptors (Lipinski definition) is 2. The molecule has 24 heavy (non-hydrogen) atoms. The Bertz CT molecular complexity index is 958. The SMILES string of the molecule is O=C(c1ccc(F)cc1F)C(F)(F)c1cc2ccc(Cl)cc2cn1. The van der Waals surface area contributed by atoms with E-state index >= 15 is 0 Å². The Hall–Kier alpha value is -2.47. The van der Waals surface area contributed by atoms with Gasteiger partial charge in [-0.05, 0) is 35.7 Å². The number of benzene rings is 2. The van der Waals surface area contributed by atoms with Gasteiger partial charge in [-0.2, -0.15) is 8.78 Å². The molecule has 0 amide bonds. The summed E-state index contributed by atoms with van der Waals surface area (Å²) in [6.07, 6.45) is 1.15. The molecule has 0 N–H and O–H groups in total. The van der Waals surface area contributed by atoms with Crippen LogP contribution < -0.4 is 0 Å². The lowest BCUT2D eigenvalue weighted by Gasteiger charge is -2.15. The number of halogens is 5. The third-order valence-electron chi connectivity index (χ3n) is 3.47. The first-order chi connectivity index (χ1) is 11.3. The topological polar surface area (TPSA) is 30.0 Å². The fourth-order valence-corrected chi connectivity index (χ4v) is 2.42. The Morgan fingerprint density at radius 2 is 1.75 bits per heavy atom. The number of rotatable bonds is 3. The van der Waals surface area contributed by atoms with E-state index in [1.807, 2.05) is 0 Å². The highest BCUT2D eigenvalue weighted by molar-refractivity contribution is 6.31. The van der Waals surface area contributed by atoms with Gasteiger partial charge in [0.15, 0.2) is 0 Å². The van der Waals surface area contributed by atoms with E-state index in [-0.39, 0.29) is 0 Å². The number of alkyl halides is 2. The van der Waals surface area contributed by atoms with E-state index in [2.05, 4.69) is 4.98 Å². The number of fused-ring (bicyclic) bond motifs is 1. The molecule has 0 aliphatic carbocycles. The van der Waals surface area contributed by atoms with Crippen LogP contribution in [-0.2, 0) is 5.92 Å². The van der Waals surface area contributed by atoms with Crippen LogP contribution in [0.5, 0.6) is 0 Å². The lowest BCUT2D eigenvalue weighted by atomic mass is 10.0. The summed E-state index contributed by atoms with van der Waals surface area (Å²) in [5, 5.41) is 1.33. The van der Waals surface area contributed by atoms with Gasteiger partial charge in [-0.1, -0.05) is 17.7 Å². The minimum Gasteiger partial charge on any atom is -0.287 e. The molecule has 0 saturated heterocycles. The van der Waals surface area contributed by atoms with Crippen molar-refractivity contribution in [2.45, 2.75) is 5.92 Å². The van der Waals surface area contributed by atoms with E-state index in [1.54, 1.807) is 0 Å². The van der Waals surface area contributed by atoms with Crippen molar-refractivity contribution in [2.24, 2.45) is 0 Å². The van der Waals surface area contributed by atoms with Gasteiger partial charge in [0.2, 0.25) is 5.78 Å². The molecule has 0 bridgehead atoms. The van der Waals surface area contributed by atoms with Gasteiger partial charge >= 0.3 is 5.92 Å². The van der Waals surface area contributed by atoms with Crippen molar-refractivity contribution in [3.05, 3.63) is 76.6 Å². The van der Waals surface area contributed by atoms with E-state index in [9.17, 15) is 22.4 Å². The van der Waals surface area contributed by atoms with E-state index in [1.165, 1.54) is 18.2 Å². The summed E-state index contributed by atoms with van der Waals surface area (Å²) in [5.74, 6) is -8.17. The molecule has 3 aromatic rings. The van der Waals surface area contributed by atoms with Crippen molar-refractivity contribution < 1.29 is 22.4 Å². The summed E-state index contributed by atoms with van der Waals surface area (Å²) >= 11 is 5.81. The number of carbonyl (C=O) groups excluding carboxylic acids is 1. The minimum absolute atomic E-state index is 0.374. The number of ketones is 1. The molecule has 3 rings (SSSR count). The highest BCUT2D eigenvalue weighted by Gasteiger charge is 2.44. The molecule has 0 aliphatic rings. The zero-order valence-electron chi connectivity index (χ0n) is 11.9. The van der Waals surface area contributed by atoms with E-state index in [4.69, 9.17) is 11.6 Å². The summed E-state index contributed by atoms with van der Waals surface area (Å²) in [5.41, 5.74) is -1.73. The lowest BCUT2D eigenvalue weighted by Crippen LogP contribution is -2.28. The van der Waals surface area contributed by atoms with Gasteiger partial charge in [-0.3, -0.25) is 9.78 Å². The van der Waals surface area contributed by atoms with Crippen LogP contribution in [0.25, 0.3) is 10.8 Å². The predicted molar refractivity (Wildman–Crippen MR) is 81.3 cm³/mol. The average Bonchev–Trinajstić information content (AvgIpc) is 2.53. The van der Waals surface area contributed by atoms with E-state index in [0.29, 0.717) is 27.9 Å². The Morgan fingerprint density at radius 1 is 1.00 bits per heavy atom. The number of nitrogens with zero attached hydrogens (tertiary/aromatic N) is 1. The van der Waals surface area contributed by atoms with Crippen molar-refractivity contribution in [3.63, 3.8) is 0 Å². The van der Waals surface area contributed by atoms with Crippen LogP contribution in [-0.4, -0.2) is 10.8 Å². The quantitative estimate of drug-likeness (QED) is 0.482. The number of aromatic nitrogens is 1. The highest BCUT2D eigenvalue weighted by atomic mass is 35.5. The molecular weight excluding hydrogens is 346 g/mol. The van der Waals surface area contributed by atoms with Crippen LogP contribution >= 0.6 is 11.6 Å². The molecule has 1 heterocycles. The van der Waals surface area contributed by atoms with Crippen LogP contribution in [0.4, 0.5) is 17.6 Å². The van der Waals surface area contributed by atoms with Crippen LogP contribution in [0.2, 0.25) is 5.02 Å². The summed E-state index contributed by atoms with van der Waals surface area (Å²) in [6, 6.07) is 7.37. The van der Waals surface area contributed by atoms with E-state index in [0.717, 1.165) is 18.3 Å². The largest absolute Gasteiger partial charge is 0.351 e. The fourth-order valence-electron chi connectivity index (χ4n) is 2.24. The molecule has 0 saturated carbocycles. The summed E-state index contributed by atoms with van der Waals surface area (Å²) in [4.78, 5) is 15.6. The van der Waals surface area contributed by atoms with Crippen LogP contribution in [0.3, 0.4) is 0 Å². The molecule has 0 radical (unpaired) electrons. The molecule has 2 aromatic carbocycles. The smallest absolute Gasteiger partial charge is 0.287 e. The molecule has 122 valence electrons. The van der Waals surface area contributed by atoms with Gasteiger partial charge in [-0.25, -0.2) is 8.78 Å². The molecule has 7 heteroatoms. The molecule has 0 aliphatic heterocycles. The zero-order chi connectivity index (χ0) is 17.5. The van der Waals surface area contributed by atoms with Gasteiger partial charge in [0.1, 0.15) is 17.3 Å². The predicted octanol–water partition coefficient (Wildman–Crippen LogP) is 5.14. The second-order valence-electron chi connectivity index (χ2n) is 5.09. The maximum Gasteiger partial charge on any atom is 0.351 e. The second kappa shape index (κ2) is 5.87. The second-order valence-corrected chi connectivity index (χ2v) is 5.53. The summed E-state index contributed by atoms with van der Waals surface area (Å²) in [6.45, 7) is 0. The van der Waals surface area contributed by atoms with Crippen LogP contribution in [0.1, 0.15) is 16.1 Å². The first kappa shape index (κ1) is 16.4. The van der Waals surface area contributed by atoms with Gasteiger partial charge in [0, 0.05) is 22.7 Å². The van der Waals surface area contributed by atoms with E-state index < -0.39 is 34.6 Å². The molecule has 0 unspecified atom stereocenters. The van der Waals surface area contributed by atoms with Crippen LogP contribution in [0, 0.1) is 11.6 Å². The minimum atomic E-state index is -4.06. The summed E-state index contributed by atoms with van der Waals surface area (Å²) < 4.78 is 55.3. The van der Waals surface area contributed by atoms with Crippen molar-refractivity contribution in [1.29, 1.82) is 0 Å². The third kappa shape index (κ3) is 2.85. The monoisotopic (exact) mass is 353 g/mol. The first-order valence-corrected chi connectivity index (χ1v) is 7.10. The Balaban J connectivity index is 2.06. The first-order valence-electron chi connectivity index (χ1n) is 6.72. The number of carbonyl (C=O) groups is 1. The molecule has 0 spiro atoms. The van der Waals surface area contributed by atoms with Crippen molar-refractivity contribution >= 4 is 28.2 Å². The number of pyridine rings is 1. The van der Waals surface area contributed by atoms with Gasteiger partial charge in [-0.15, -0.1) is 0 Å².